The Morgan fingerprint density at radius 2 is 2.45 bits per heavy atom. The average Bonchev–Trinajstić information content (AvgIpc) is 2.31. The SMILES string of the molecule is Cc1ncc(SOO[O-])s1.[Na+]. The van der Waals surface area contributed by atoms with E-state index in [1.807, 2.05) is 6.92 Å². The van der Waals surface area contributed by atoms with Gasteiger partial charge in [0.15, 0.2) is 0 Å². The molecule has 0 aromatic carbocycles. The maximum Gasteiger partial charge on any atom is 1.00 e. The Morgan fingerprint density at radius 3 is 2.91 bits per heavy atom. The molecule has 0 fully saturated rings. The Hall–Kier alpha value is 0.860. The van der Waals surface area contributed by atoms with Crippen LogP contribution < -0.4 is 34.8 Å². The second-order valence-corrected chi connectivity index (χ2v) is 3.65. The molecule has 0 saturated heterocycles. The molecule has 0 bridgehead atoms. The van der Waals surface area contributed by atoms with E-state index < -0.39 is 0 Å². The van der Waals surface area contributed by atoms with E-state index in [0.717, 1.165) is 21.3 Å². The summed E-state index contributed by atoms with van der Waals surface area (Å²) < 4.78 is 4.86. The fourth-order valence-corrected chi connectivity index (χ4v) is 1.70. The molecule has 0 aliphatic rings. The van der Waals surface area contributed by atoms with Gasteiger partial charge in [0.1, 0.15) is 4.21 Å². The van der Waals surface area contributed by atoms with Crippen molar-refractivity contribution in [3.05, 3.63) is 11.2 Å². The van der Waals surface area contributed by atoms with Gasteiger partial charge >= 0.3 is 29.6 Å². The van der Waals surface area contributed by atoms with E-state index in [1.165, 1.54) is 11.3 Å². The monoisotopic (exact) mass is 201 g/mol. The molecule has 0 amide bonds. The minimum absolute atomic E-state index is 0. The van der Waals surface area contributed by atoms with Crippen LogP contribution in [0.3, 0.4) is 0 Å². The van der Waals surface area contributed by atoms with Crippen LogP contribution in [0.15, 0.2) is 10.4 Å². The Balaban J connectivity index is 0.000001000. The quantitative estimate of drug-likeness (QED) is 0.238. The van der Waals surface area contributed by atoms with E-state index in [1.54, 1.807) is 6.20 Å². The van der Waals surface area contributed by atoms with Crippen LogP contribution in [0.2, 0.25) is 0 Å². The summed E-state index contributed by atoms with van der Waals surface area (Å²) in [5, 5.41) is 13.4. The van der Waals surface area contributed by atoms with Gasteiger partial charge in [0.25, 0.3) is 0 Å². The normalized spacial score (nSPS) is 9.27. The van der Waals surface area contributed by atoms with Crippen LogP contribution in [0.25, 0.3) is 0 Å². The Kier molecular flexibility index (Phi) is 6.88. The molecule has 0 saturated carbocycles. The van der Waals surface area contributed by atoms with Crippen LogP contribution in [-0.2, 0) is 9.37 Å². The van der Waals surface area contributed by atoms with Gasteiger partial charge in [0.2, 0.25) is 0 Å². The first-order chi connectivity index (χ1) is 4.83. The molecule has 0 aliphatic carbocycles. The van der Waals surface area contributed by atoms with Gasteiger partial charge < -0.3 is 5.26 Å². The zero-order valence-corrected chi connectivity index (χ0v) is 9.70. The Bertz CT molecular complexity index is 207. The topological polar surface area (TPSA) is 54.4 Å². The van der Waals surface area contributed by atoms with Gasteiger partial charge in [-0.15, -0.1) is 11.3 Å². The summed E-state index contributed by atoms with van der Waals surface area (Å²) in [6, 6.07) is 0. The van der Waals surface area contributed by atoms with Crippen LogP contribution in [0.4, 0.5) is 0 Å². The third-order valence-electron chi connectivity index (χ3n) is 0.744. The summed E-state index contributed by atoms with van der Waals surface area (Å²) in [7, 11) is 0. The maximum atomic E-state index is 9.35. The second kappa shape index (κ2) is 6.38. The number of rotatable bonds is 3. The van der Waals surface area contributed by atoms with Gasteiger partial charge in [-0.2, -0.15) is 4.33 Å². The first-order valence-electron chi connectivity index (χ1n) is 2.38. The van der Waals surface area contributed by atoms with Crippen LogP contribution in [-0.4, -0.2) is 4.98 Å². The summed E-state index contributed by atoms with van der Waals surface area (Å²) in [4.78, 5) is 3.93. The molecule has 0 N–H and O–H groups in total. The molecular weight excluding hydrogens is 197 g/mol. The molecule has 1 heterocycles. The number of aromatic nitrogens is 1. The number of aryl methyl sites for hydroxylation is 1. The van der Waals surface area contributed by atoms with Crippen molar-refractivity contribution in [2.75, 3.05) is 0 Å². The first kappa shape index (κ1) is 11.9. The molecule has 1 aromatic rings. The second-order valence-electron chi connectivity index (χ2n) is 1.42. The third-order valence-corrected chi connectivity index (χ3v) is 2.30. The van der Waals surface area contributed by atoms with Crippen molar-refractivity contribution in [3.63, 3.8) is 0 Å². The molecule has 0 spiro atoms. The summed E-state index contributed by atoms with van der Waals surface area (Å²) in [6.07, 6.45) is 1.61. The van der Waals surface area contributed by atoms with Crippen molar-refractivity contribution < 1.29 is 44.2 Å². The molecule has 0 radical (unpaired) electrons. The molecular formula is C4H4NNaO3S2. The molecule has 0 atom stereocenters. The predicted molar refractivity (Wildman–Crippen MR) is 34.9 cm³/mol. The molecule has 7 heteroatoms. The molecule has 0 aliphatic heterocycles. The molecule has 1 aromatic heterocycles. The standard InChI is InChI=1S/C4H5NO3S2.Na/c1-3-5-2-4(9-3)10-8-7-6;/h2,6H,1H3;/q;+1/p-1. The van der Waals surface area contributed by atoms with E-state index >= 15 is 0 Å². The predicted octanol–water partition coefficient (Wildman–Crippen LogP) is -2.31. The Labute approximate surface area is 94.3 Å². The molecule has 1 rings (SSSR count). The van der Waals surface area contributed by atoms with E-state index in [4.69, 9.17) is 0 Å². The zero-order valence-electron chi connectivity index (χ0n) is 6.07. The fourth-order valence-electron chi connectivity index (χ4n) is 0.428. The zero-order chi connectivity index (χ0) is 7.40. The fraction of sp³-hybridized carbons (Fsp3) is 0.250. The summed E-state index contributed by atoms with van der Waals surface area (Å²) in [5.74, 6) is 0. The van der Waals surface area contributed by atoms with Gasteiger partial charge in [-0.1, -0.05) is 0 Å². The van der Waals surface area contributed by atoms with Crippen LogP contribution in [0.5, 0.6) is 0 Å². The minimum Gasteiger partial charge on any atom is -0.691 e. The van der Waals surface area contributed by atoms with Crippen molar-refractivity contribution in [2.45, 2.75) is 11.1 Å². The average molecular weight is 201 g/mol. The van der Waals surface area contributed by atoms with Crippen molar-refractivity contribution >= 4 is 23.4 Å². The smallest absolute Gasteiger partial charge is 0.691 e. The number of thiazole rings is 1. The summed E-state index contributed by atoms with van der Waals surface area (Å²) in [5.41, 5.74) is 0. The molecule has 0 unspecified atom stereocenters. The van der Waals surface area contributed by atoms with E-state index in [2.05, 4.69) is 14.4 Å². The van der Waals surface area contributed by atoms with Gasteiger partial charge in [0, 0.05) is 0 Å². The summed E-state index contributed by atoms with van der Waals surface area (Å²) in [6.45, 7) is 1.87. The van der Waals surface area contributed by atoms with Crippen molar-refractivity contribution in [1.29, 1.82) is 0 Å². The van der Waals surface area contributed by atoms with E-state index in [0.29, 0.717) is 0 Å². The largest absolute Gasteiger partial charge is 1.00 e. The minimum atomic E-state index is 0. The number of hydrogen-bond acceptors (Lipinski definition) is 6. The van der Waals surface area contributed by atoms with Crippen LogP contribution >= 0.6 is 23.4 Å². The van der Waals surface area contributed by atoms with E-state index in [-0.39, 0.29) is 29.6 Å². The summed E-state index contributed by atoms with van der Waals surface area (Å²) >= 11 is 2.30. The number of hydrogen-bond donors (Lipinski definition) is 0. The first-order valence-corrected chi connectivity index (χ1v) is 3.94. The van der Waals surface area contributed by atoms with E-state index in [9.17, 15) is 5.26 Å². The van der Waals surface area contributed by atoms with Crippen molar-refractivity contribution in [1.82, 2.24) is 4.98 Å². The van der Waals surface area contributed by atoms with Gasteiger partial charge in [-0.05, 0) is 6.92 Å². The molecule has 4 nitrogen and oxygen atoms in total. The molecule has 11 heavy (non-hydrogen) atoms. The number of nitrogens with zero attached hydrogens (tertiary/aromatic N) is 1. The van der Waals surface area contributed by atoms with Gasteiger partial charge in [-0.3, -0.25) is 5.04 Å². The van der Waals surface area contributed by atoms with Crippen molar-refractivity contribution in [2.24, 2.45) is 0 Å². The molecule has 56 valence electrons. The van der Waals surface area contributed by atoms with Crippen LogP contribution in [0, 0.1) is 6.92 Å². The van der Waals surface area contributed by atoms with Gasteiger partial charge in [-0.25, -0.2) is 4.98 Å². The van der Waals surface area contributed by atoms with Gasteiger partial charge in [0.05, 0.1) is 23.2 Å². The third kappa shape index (κ3) is 4.44. The van der Waals surface area contributed by atoms with Crippen LogP contribution in [0.1, 0.15) is 5.01 Å². The maximum absolute atomic E-state index is 9.35. The van der Waals surface area contributed by atoms with Crippen molar-refractivity contribution in [3.8, 4) is 0 Å². The Morgan fingerprint density at radius 1 is 1.73 bits per heavy atom.